The first-order chi connectivity index (χ1) is 13.1. The molecule has 1 saturated heterocycles. The van der Waals surface area contributed by atoms with Gasteiger partial charge in [-0.25, -0.2) is 0 Å². The number of aryl methyl sites for hydroxylation is 1. The normalized spacial score (nSPS) is 16.7. The Balaban J connectivity index is 1.67. The van der Waals surface area contributed by atoms with Gasteiger partial charge in [0.25, 0.3) is 0 Å². The third-order valence-corrected chi connectivity index (χ3v) is 4.99. The van der Waals surface area contributed by atoms with Crippen LogP contribution in [0, 0.1) is 0 Å². The van der Waals surface area contributed by atoms with Gasteiger partial charge in [-0.15, -0.1) is 15.3 Å². The number of hydrogen-bond donors (Lipinski definition) is 0. The van der Waals surface area contributed by atoms with Gasteiger partial charge in [-0.2, -0.15) is 0 Å². The first kappa shape index (κ1) is 17.3. The summed E-state index contributed by atoms with van der Waals surface area (Å²) < 4.78 is 14.5. The van der Waals surface area contributed by atoms with Crippen LogP contribution in [0.25, 0.3) is 11.5 Å². The van der Waals surface area contributed by atoms with Crippen molar-refractivity contribution in [2.75, 3.05) is 25.7 Å². The number of methoxy groups -OCH3 is 2. The van der Waals surface area contributed by atoms with E-state index in [1.165, 1.54) is 5.56 Å². The summed E-state index contributed by atoms with van der Waals surface area (Å²) in [6.07, 6.45) is 3.97. The summed E-state index contributed by atoms with van der Waals surface area (Å²) in [5, 5.41) is 16.9. The van der Waals surface area contributed by atoms with E-state index in [4.69, 9.17) is 9.47 Å². The van der Waals surface area contributed by atoms with E-state index in [9.17, 15) is 0 Å². The SMILES string of the molecule is COc1ccc(C2CCCN2c2nnc(-c3cn(C)nn3)n2C)cc1OC. The van der Waals surface area contributed by atoms with Crippen molar-refractivity contribution in [3.05, 3.63) is 30.0 Å². The topological polar surface area (TPSA) is 83.1 Å². The molecule has 1 aliphatic rings. The number of rotatable bonds is 5. The Morgan fingerprint density at radius 1 is 1.04 bits per heavy atom. The predicted octanol–water partition coefficient (Wildman–Crippen LogP) is 1.97. The highest BCUT2D eigenvalue weighted by Crippen LogP contribution is 2.39. The second kappa shape index (κ2) is 6.90. The van der Waals surface area contributed by atoms with E-state index in [2.05, 4.69) is 31.5 Å². The lowest BCUT2D eigenvalue weighted by atomic mass is 10.0. The first-order valence-corrected chi connectivity index (χ1v) is 8.87. The van der Waals surface area contributed by atoms with Crippen LogP contribution in [0.5, 0.6) is 11.5 Å². The van der Waals surface area contributed by atoms with Crippen molar-refractivity contribution in [1.82, 2.24) is 29.8 Å². The molecule has 1 aromatic carbocycles. The largest absolute Gasteiger partial charge is 0.493 e. The smallest absolute Gasteiger partial charge is 0.227 e. The van der Waals surface area contributed by atoms with Crippen LogP contribution in [0.4, 0.5) is 5.95 Å². The first-order valence-electron chi connectivity index (χ1n) is 8.87. The third kappa shape index (κ3) is 2.98. The van der Waals surface area contributed by atoms with E-state index in [1.54, 1.807) is 18.9 Å². The van der Waals surface area contributed by atoms with Gasteiger partial charge in [0.15, 0.2) is 23.0 Å². The molecule has 2 aromatic heterocycles. The molecule has 9 nitrogen and oxygen atoms in total. The van der Waals surface area contributed by atoms with Crippen LogP contribution >= 0.6 is 0 Å². The second-order valence-corrected chi connectivity index (χ2v) is 6.63. The minimum absolute atomic E-state index is 0.211. The zero-order chi connectivity index (χ0) is 19.0. The molecule has 0 saturated carbocycles. The maximum absolute atomic E-state index is 5.47. The Morgan fingerprint density at radius 3 is 2.56 bits per heavy atom. The highest BCUT2D eigenvalue weighted by atomic mass is 16.5. The van der Waals surface area contributed by atoms with Crippen LogP contribution in [0.3, 0.4) is 0 Å². The van der Waals surface area contributed by atoms with Crippen LogP contribution in [0.15, 0.2) is 24.4 Å². The fourth-order valence-electron chi connectivity index (χ4n) is 3.66. The maximum Gasteiger partial charge on any atom is 0.227 e. The molecule has 0 radical (unpaired) electrons. The molecule has 0 bridgehead atoms. The zero-order valence-electron chi connectivity index (χ0n) is 16.0. The van der Waals surface area contributed by atoms with Gasteiger partial charge in [0.05, 0.1) is 26.5 Å². The summed E-state index contributed by atoms with van der Waals surface area (Å²) >= 11 is 0. The molecule has 9 heteroatoms. The predicted molar refractivity (Wildman–Crippen MR) is 99.9 cm³/mol. The molecule has 3 heterocycles. The molecule has 0 aliphatic carbocycles. The summed E-state index contributed by atoms with van der Waals surface area (Å²) in [6, 6.07) is 6.29. The van der Waals surface area contributed by atoms with Gasteiger partial charge < -0.3 is 14.4 Å². The molecule has 0 amide bonds. The van der Waals surface area contributed by atoms with Crippen molar-refractivity contribution in [2.24, 2.45) is 14.1 Å². The maximum atomic E-state index is 5.47. The van der Waals surface area contributed by atoms with Crippen LogP contribution < -0.4 is 14.4 Å². The lowest BCUT2D eigenvalue weighted by Crippen LogP contribution is -2.25. The Labute approximate surface area is 157 Å². The molecule has 1 fully saturated rings. The minimum atomic E-state index is 0.211. The van der Waals surface area contributed by atoms with Gasteiger partial charge in [0.1, 0.15) is 0 Å². The lowest BCUT2D eigenvalue weighted by molar-refractivity contribution is 0.354. The molecule has 1 unspecified atom stereocenters. The van der Waals surface area contributed by atoms with E-state index in [0.29, 0.717) is 11.5 Å². The highest BCUT2D eigenvalue weighted by Gasteiger charge is 2.31. The van der Waals surface area contributed by atoms with Gasteiger partial charge in [-0.3, -0.25) is 9.25 Å². The van der Waals surface area contributed by atoms with Crippen LogP contribution in [-0.2, 0) is 14.1 Å². The highest BCUT2D eigenvalue weighted by molar-refractivity contribution is 5.53. The molecular weight excluding hydrogens is 346 g/mol. The van der Waals surface area contributed by atoms with Gasteiger partial charge >= 0.3 is 0 Å². The molecule has 0 spiro atoms. The molecule has 1 atom stereocenters. The number of nitrogens with zero attached hydrogens (tertiary/aromatic N) is 7. The molecule has 3 aromatic rings. The lowest BCUT2D eigenvalue weighted by Gasteiger charge is -2.26. The number of hydrogen-bond acceptors (Lipinski definition) is 7. The van der Waals surface area contributed by atoms with Gasteiger partial charge in [-0.1, -0.05) is 11.3 Å². The Bertz CT molecular complexity index is 949. The Hall–Kier alpha value is -3.10. The van der Waals surface area contributed by atoms with E-state index in [1.807, 2.05) is 37.0 Å². The number of anilines is 1. The molecule has 0 N–H and O–H groups in total. The van der Waals surface area contributed by atoms with Crippen molar-refractivity contribution in [1.29, 1.82) is 0 Å². The van der Waals surface area contributed by atoms with E-state index in [-0.39, 0.29) is 6.04 Å². The number of aromatic nitrogens is 6. The van der Waals surface area contributed by atoms with E-state index < -0.39 is 0 Å². The quantitative estimate of drug-likeness (QED) is 0.680. The fourth-order valence-corrected chi connectivity index (χ4v) is 3.66. The number of benzene rings is 1. The summed E-state index contributed by atoms with van der Waals surface area (Å²) in [6.45, 7) is 0.922. The van der Waals surface area contributed by atoms with Crippen molar-refractivity contribution in [2.45, 2.75) is 18.9 Å². The molecule has 142 valence electrons. The van der Waals surface area contributed by atoms with Crippen LogP contribution in [0.2, 0.25) is 0 Å². The Morgan fingerprint density at radius 2 is 1.85 bits per heavy atom. The summed E-state index contributed by atoms with van der Waals surface area (Å²) in [7, 11) is 7.10. The van der Waals surface area contributed by atoms with E-state index in [0.717, 1.165) is 36.8 Å². The van der Waals surface area contributed by atoms with Crippen molar-refractivity contribution in [3.8, 4) is 23.0 Å². The van der Waals surface area contributed by atoms with E-state index >= 15 is 0 Å². The molecule has 27 heavy (non-hydrogen) atoms. The summed E-state index contributed by atoms with van der Waals surface area (Å²) in [5.74, 6) is 3.00. The van der Waals surface area contributed by atoms with Crippen molar-refractivity contribution < 1.29 is 9.47 Å². The van der Waals surface area contributed by atoms with Crippen molar-refractivity contribution in [3.63, 3.8) is 0 Å². The third-order valence-electron chi connectivity index (χ3n) is 4.99. The summed E-state index contributed by atoms with van der Waals surface area (Å²) in [5.41, 5.74) is 1.88. The Kier molecular flexibility index (Phi) is 4.43. The molecule has 4 rings (SSSR count). The molecular formula is C18H23N7O2. The summed E-state index contributed by atoms with van der Waals surface area (Å²) in [4.78, 5) is 2.29. The standard InChI is InChI=1S/C18H23N7O2/c1-23-11-13(19-22-23)17-20-21-18(24(17)2)25-9-5-6-14(25)12-7-8-15(26-3)16(10-12)27-4/h7-8,10-11,14H,5-6,9H2,1-4H3. The average Bonchev–Trinajstić information content (AvgIpc) is 3.40. The minimum Gasteiger partial charge on any atom is -0.493 e. The fraction of sp³-hybridized carbons (Fsp3) is 0.444. The zero-order valence-corrected chi connectivity index (χ0v) is 16.0. The van der Waals surface area contributed by atoms with Crippen LogP contribution in [0.1, 0.15) is 24.4 Å². The van der Waals surface area contributed by atoms with Gasteiger partial charge in [0.2, 0.25) is 5.95 Å². The second-order valence-electron chi connectivity index (χ2n) is 6.63. The van der Waals surface area contributed by atoms with Crippen LogP contribution in [-0.4, -0.2) is 50.5 Å². The monoisotopic (exact) mass is 369 g/mol. The van der Waals surface area contributed by atoms with Gasteiger partial charge in [0, 0.05) is 20.6 Å². The average molecular weight is 369 g/mol. The molecule has 1 aliphatic heterocycles. The number of ether oxygens (including phenoxy) is 2. The van der Waals surface area contributed by atoms with Gasteiger partial charge in [-0.05, 0) is 30.5 Å². The van der Waals surface area contributed by atoms with Crippen molar-refractivity contribution >= 4 is 5.95 Å².